The van der Waals surface area contributed by atoms with E-state index in [1.165, 1.54) is 70.3 Å². The molecule has 4 aliphatic rings. The molecular formula is C34H53ClN2O3S. The van der Waals surface area contributed by atoms with E-state index in [0.29, 0.717) is 35.6 Å². The van der Waals surface area contributed by atoms with Gasteiger partial charge in [0.1, 0.15) is 4.90 Å². The molecule has 41 heavy (non-hydrogen) atoms. The average molecular weight is 605 g/mol. The van der Waals surface area contributed by atoms with E-state index in [1.54, 1.807) is 12.1 Å². The first-order valence-corrected chi connectivity index (χ1v) is 18.4. The maximum atomic E-state index is 12.9. The normalized spacial score (nSPS) is 37.4. The first kappa shape index (κ1) is 31.2. The van der Waals surface area contributed by atoms with Crippen molar-refractivity contribution < 1.29 is 13.2 Å². The number of fused-ring (bicyclic) bond motifs is 5. The molecule has 4 fully saturated rings. The third-order valence-electron chi connectivity index (χ3n) is 12.7. The lowest BCUT2D eigenvalue weighted by molar-refractivity contribution is -0.138. The lowest BCUT2D eigenvalue weighted by Gasteiger charge is -2.63. The molecular weight excluding hydrogens is 552 g/mol. The van der Waals surface area contributed by atoms with E-state index in [-0.39, 0.29) is 16.3 Å². The molecule has 2 N–H and O–H groups in total. The number of hydrogen-bond donors (Lipinski definition) is 2. The van der Waals surface area contributed by atoms with Crippen LogP contribution in [0.25, 0.3) is 0 Å². The first-order valence-electron chi connectivity index (χ1n) is 16.5. The number of anilines is 1. The highest BCUT2D eigenvalue weighted by atomic mass is 35.5. The van der Waals surface area contributed by atoms with Gasteiger partial charge >= 0.3 is 0 Å². The second kappa shape index (κ2) is 12.0. The highest BCUT2D eigenvalue weighted by molar-refractivity contribution is 7.90. The molecule has 0 saturated heterocycles. The van der Waals surface area contributed by atoms with Gasteiger partial charge in [-0.05, 0) is 129 Å². The van der Waals surface area contributed by atoms with E-state index in [2.05, 4.69) is 37.7 Å². The predicted molar refractivity (Wildman–Crippen MR) is 168 cm³/mol. The van der Waals surface area contributed by atoms with E-state index in [0.717, 1.165) is 35.3 Å². The minimum atomic E-state index is -4.02. The zero-order chi connectivity index (χ0) is 29.6. The molecule has 0 aromatic heterocycles. The lowest BCUT2D eigenvalue weighted by Crippen LogP contribution is -2.55. The molecule has 4 saturated carbocycles. The molecule has 7 heteroatoms. The fraction of sp³-hybridized carbons (Fsp3) is 0.794. The van der Waals surface area contributed by atoms with E-state index >= 15 is 0 Å². The molecule has 1 aromatic carbocycles. The number of carbonyl (C=O) groups is 1. The number of amides is 1. The quantitative estimate of drug-likeness (QED) is 0.296. The summed E-state index contributed by atoms with van der Waals surface area (Å²) in [4.78, 5) is 12.8. The predicted octanol–water partition coefficient (Wildman–Crippen LogP) is 8.68. The summed E-state index contributed by atoms with van der Waals surface area (Å²) in [5.41, 5.74) is 1.62. The summed E-state index contributed by atoms with van der Waals surface area (Å²) in [7, 11) is -4.02. The zero-order valence-corrected chi connectivity index (χ0v) is 27.5. The van der Waals surface area contributed by atoms with Crippen LogP contribution >= 0.6 is 11.6 Å². The Labute approximate surface area is 254 Å². The third-order valence-corrected chi connectivity index (χ3v) is 14.6. The third kappa shape index (κ3) is 5.70. The Hall–Kier alpha value is -1.27. The number of halogens is 1. The summed E-state index contributed by atoms with van der Waals surface area (Å²) >= 11 is 6.27. The van der Waals surface area contributed by atoms with Crippen molar-refractivity contribution in [2.45, 2.75) is 117 Å². The minimum absolute atomic E-state index is 0.0584. The molecule has 5 rings (SSSR count). The summed E-state index contributed by atoms with van der Waals surface area (Å²) in [5, 5.41) is 3.23. The molecule has 9 atom stereocenters. The van der Waals surface area contributed by atoms with Crippen LogP contribution in [0.3, 0.4) is 0 Å². The number of rotatable bonds is 9. The molecule has 0 radical (unpaired) electrons. The first-order chi connectivity index (χ1) is 19.4. The molecule has 0 heterocycles. The van der Waals surface area contributed by atoms with Gasteiger partial charge in [-0.25, -0.2) is 13.1 Å². The number of benzene rings is 1. The zero-order valence-electron chi connectivity index (χ0n) is 26.0. The van der Waals surface area contributed by atoms with Crippen molar-refractivity contribution in [1.82, 2.24) is 4.72 Å². The van der Waals surface area contributed by atoms with Gasteiger partial charge in [-0.2, -0.15) is 0 Å². The topological polar surface area (TPSA) is 75.3 Å². The van der Waals surface area contributed by atoms with Crippen LogP contribution in [0.15, 0.2) is 23.1 Å². The van der Waals surface area contributed by atoms with Gasteiger partial charge < -0.3 is 5.32 Å². The van der Waals surface area contributed by atoms with Crippen molar-refractivity contribution in [1.29, 1.82) is 0 Å². The van der Waals surface area contributed by atoms with Gasteiger partial charge in [0.05, 0.1) is 5.02 Å². The van der Waals surface area contributed by atoms with E-state index in [4.69, 9.17) is 11.6 Å². The van der Waals surface area contributed by atoms with E-state index in [1.807, 2.05) is 6.92 Å². The lowest BCUT2D eigenvalue weighted by atomic mass is 9.42. The molecule has 3 unspecified atom stereocenters. The SMILES string of the molecule is CCNc1ccc(S(=O)(=O)NC(=O)CC[C@@H](C)[C@H]2CCC3C4C[C@H](CC)[C@@H]5CCCC[C@]5(C)C4CC[C@@]32C)c(Cl)c1. The van der Waals surface area contributed by atoms with Crippen molar-refractivity contribution in [2.24, 2.45) is 52.3 Å². The summed E-state index contributed by atoms with van der Waals surface area (Å²) in [6.45, 7) is 12.6. The number of sulfonamides is 1. The Morgan fingerprint density at radius 1 is 1.02 bits per heavy atom. The van der Waals surface area contributed by atoms with Gasteiger partial charge in [-0.15, -0.1) is 0 Å². The highest BCUT2D eigenvalue weighted by Crippen LogP contribution is 2.69. The van der Waals surface area contributed by atoms with Crippen molar-refractivity contribution in [2.75, 3.05) is 11.9 Å². The maximum absolute atomic E-state index is 12.9. The number of hydrogen-bond acceptors (Lipinski definition) is 4. The van der Waals surface area contributed by atoms with Crippen LogP contribution in [0.4, 0.5) is 5.69 Å². The minimum Gasteiger partial charge on any atom is -0.385 e. The second-order valence-corrected chi connectivity index (χ2v) is 16.6. The fourth-order valence-electron chi connectivity index (χ4n) is 10.8. The highest BCUT2D eigenvalue weighted by Gasteiger charge is 2.61. The Balaban J connectivity index is 1.22. The molecule has 0 aliphatic heterocycles. The van der Waals surface area contributed by atoms with Crippen LogP contribution in [-0.2, 0) is 14.8 Å². The fourth-order valence-corrected chi connectivity index (χ4v) is 12.4. The van der Waals surface area contributed by atoms with Crippen molar-refractivity contribution >= 4 is 33.2 Å². The standard InChI is InChI=1S/C34H53ClN2O3S/c1-6-23-20-25-28-14-13-26(34(28,5)19-17-29(25)33(4)18-9-8-10-27(23)33)22(3)11-16-32(38)37-41(39,40)31-15-12-24(36-7-2)21-30(31)35/h12,15,21-23,25-29,36H,6-11,13-14,16-20H2,1-5H3,(H,37,38)/t22-,23+,25?,26-,27+,28?,29?,33+,34-/m1/s1. The van der Waals surface area contributed by atoms with Crippen LogP contribution in [0, 0.1) is 52.3 Å². The van der Waals surface area contributed by atoms with Gasteiger partial charge in [0.25, 0.3) is 10.0 Å². The van der Waals surface area contributed by atoms with Crippen LogP contribution < -0.4 is 10.0 Å². The van der Waals surface area contributed by atoms with Gasteiger partial charge in [-0.3, -0.25) is 4.79 Å². The van der Waals surface area contributed by atoms with E-state index < -0.39 is 15.9 Å². The Kier molecular flexibility index (Phi) is 9.14. The molecule has 230 valence electrons. The molecule has 5 nitrogen and oxygen atoms in total. The van der Waals surface area contributed by atoms with Crippen molar-refractivity contribution in [3.8, 4) is 0 Å². The molecule has 1 amide bonds. The summed E-state index contributed by atoms with van der Waals surface area (Å²) in [6.07, 6.45) is 14.7. The van der Waals surface area contributed by atoms with Gasteiger partial charge in [0.2, 0.25) is 5.91 Å². The van der Waals surface area contributed by atoms with Crippen LogP contribution in [0.2, 0.25) is 5.02 Å². The molecule has 0 bridgehead atoms. The Bertz CT molecular complexity index is 1220. The Morgan fingerprint density at radius 3 is 2.49 bits per heavy atom. The largest absolute Gasteiger partial charge is 0.385 e. The van der Waals surface area contributed by atoms with Gasteiger partial charge in [-0.1, -0.05) is 58.6 Å². The molecule has 4 aliphatic carbocycles. The smallest absolute Gasteiger partial charge is 0.265 e. The van der Waals surface area contributed by atoms with Crippen LogP contribution in [0.5, 0.6) is 0 Å². The van der Waals surface area contributed by atoms with Crippen LogP contribution in [0.1, 0.15) is 112 Å². The van der Waals surface area contributed by atoms with Crippen LogP contribution in [-0.4, -0.2) is 20.9 Å². The van der Waals surface area contributed by atoms with Gasteiger partial charge in [0.15, 0.2) is 0 Å². The summed E-state index contributed by atoms with van der Waals surface area (Å²) in [5.74, 6) is 4.90. The van der Waals surface area contributed by atoms with E-state index in [9.17, 15) is 13.2 Å². The molecule has 0 spiro atoms. The summed E-state index contributed by atoms with van der Waals surface area (Å²) in [6, 6.07) is 4.72. The summed E-state index contributed by atoms with van der Waals surface area (Å²) < 4.78 is 28.2. The van der Waals surface area contributed by atoms with Gasteiger partial charge in [0, 0.05) is 18.7 Å². The number of carbonyl (C=O) groups excluding carboxylic acids is 1. The van der Waals surface area contributed by atoms with Crippen molar-refractivity contribution in [3.05, 3.63) is 23.2 Å². The number of nitrogens with one attached hydrogen (secondary N) is 2. The van der Waals surface area contributed by atoms with Crippen molar-refractivity contribution in [3.63, 3.8) is 0 Å². The monoisotopic (exact) mass is 604 g/mol. The second-order valence-electron chi connectivity index (χ2n) is 14.6. The Morgan fingerprint density at radius 2 is 1.78 bits per heavy atom. The average Bonchev–Trinajstić information content (AvgIpc) is 3.28. The maximum Gasteiger partial charge on any atom is 0.265 e. The molecule has 1 aromatic rings.